The van der Waals surface area contributed by atoms with E-state index in [4.69, 9.17) is 5.73 Å². The lowest BCUT2D eigenvalue weighted by atomic mass is 10.0. The Morgan fingerprint density at radius 3 is 3.00 bits per heavy atom. The number of carbonyl (C=O) groups is 1. The van der Waals surface area contributed by atoms with Gasteiger partial charge in [0.1, 0.15) is 9.88 Å². The molecule has 0 bridgehead atoms. The maximum atomic E-state index is 11.1. The predicted octanol–water partition coefficient (Wildman–Crippen LogP) is 2.43. The van der Waals surface area contributed by atoms with Crippen molar-refractivity contribution in [3.63, 3.8) is 0 Å². The molecule has 1 aromatic rings. The summed E-state index contributed by atoms with van der Waals surface area (Å²) in [6.45, 7) is 6.70. The van der Waals surface area contributed by atoms with Crippen molar-refractivity contribution in [2.75, 3.05) is 13.1 Å². The first-order valence-electron chi connectivity index (χ1n) is 6.57. The van der Waals surface area contributed by atoms with Gasteiger partial charge in [0.15, 0.2) is 0 Å². The summed E-state index contributed by atoms with van der Waals surface area (Å²) in [5, 5.41) is 1.05. The van der Waals surface area contributed by atoms with Crippen molar-refractivity contribution in [3.05, 3.63) is 16.1 Å². The molecule has 1 aromatic heterocycles. The van der Waals surface area contributed by atoms with E-state index in [1.165, 1.54) is 24.2 Å². The highest BCUT2D eigenvalue weighted by Crippen LogP contribution is 2.33. The quantitative estimate of drug-likeness (QED) is 0.911. The van der Waals surface area contributed by atoms with Gasteiger partial charge in [-0.05, 0) is 25.3 Å². The summed E-state index contributed by atoms with van der Waals surface area (Å²) in [5.41, 5.74) is 5.29. The molecule has 2 rings (SSSR count). The van der Waals surface area contributed by atoms with E-state index in [0.29, 0.717) is 16.8 Å². The summed E-state index contributed by atoms with van der Waals surface area (Å²) < 4.78 is 0. The van der Waals surface area contributed by atoms with Gasteiger partial charge in [-0.15, -0.1) is 11.3 Å². The fourth-order valence-corrected chi connectivity index (χ4v) is 3.45. The second kappa shape index (κ2) is 5.80. The normalized spacial score (nSPS) is 21.4. The van der Waals surface area contributed by atoms with Crippen LogP contribution < -0.4 is 5.73 Å². The lowest BCUT2D eigenvalue weighted by molar-refractivity contribution is 0.100. The number of nitrogens with two attached hydrogens (primary N) is 1. The molecule has 5 heteroatoms. The Labute approximate surface area is 112 Å². The first kappa shape index (κ1) is 13.5. The Morgan fingerprint density at radius 2 is 2.39 bits per heavy atom. The van der Waals surface area contributed by atoms with Crippen LogP contribution in [-0.4, -0.2) is 28.9 Å². The van der Waals surface area contributed by atoms with E-state index in [0.717, 1.165) is 24.5 Å². The lowest BCUT2D eigenvalue weighted by Crippen LogP contribution is -2.36. The highest BCUT2D eigenvalue weighted by molar-refractivity contribution is 7.13. The molecule has 0 aliphatic carbocycles. The maximum absolute atomic E-state index is 11.1. The summed E-state index contributed by atoms with van der Waals surface area (Å²) in [7, 11) is 0. The standard InChI is InChI=1S/C13H21N3OS/c1-9(2)8-16-6-4-3-5-10(16)13-15-7-11(18-13)12(14)17/h7,9-10H,3-6,8H2,1-2H3,(H2,14,17)/t10-/m0/s1. The van der Waals surface area contributed by atoms with E-state index in [1.807, 2.05) is 0 Å². The first-order valence-corrected chi connectivity index (χ1v) is 7.39. The lowest BCUT2D eigenvalue weighted by Gasteiger charge is -2.35. The molecule has 100 valence electrons. The summed E-state index contributed by atoms with van der Waals surface area (Å²) in [5.74, 6) is 0.283. The molecule has 4 nitrogen and oxygen atoms in total. The topological polar surface area (TPSA) is 59.2 Å². The molecule has 1 saturated heterocycles. The summed E-state index contributed by atoms with van der Waals surface area (Å²) in [4.78, 5) is 18.6. The molecule has 0 unspecified atom stereocenters. The molecule has 1 fully saturated rings. The first-order chi connectivity index (χ1) is 8.58. The van der Waals surface area contributed by atoms with Crippen molar-refractivity contribution in [1.29, 1.82) is 0 Å². The number of rotatable bonds is 4. The number of aromatic nitrogens is 1. The smallest absolute Gasteiger partial charge is 0.260 e. The van der Waals surface area contributed by atoms with Crippen LogP contribution in [0, 0.1) is 5.92 Å². The minimum absolute atomic E-state index is 0.370. The molecule has 1 atom stereocenters. The maximum Gasteiger partial charge on any atom is 0.260 e. The second-order valence-corrected chi connectivity index (χ2v) is 6.39. The average molecular weight is 267 g/mol. The highest BCUT2D eigenvalue weighted by Gasteiger charge is 2.27. The zero-order valence-electron chi connectivity index (χ0n) is 11.1. The van der Waals surface area contributed by atoms with E-state index in [2.05, 4.69) is 23.7 Å². The number of hydrogen-bond acceptors (Lipinski definition) is 4. The van der Waals surface area contributed by atoms with Gasteiger partial charge in [0, 0.05) is 6.54 Å². The van der Waals surface area contributed by atoms with Gasteiger partial charge in [-0.25, -0.2) is 4.98 Å². The Kier molecular flexibility index (Phi) is 4.35. The summed E-state index contributed by atoms with van der Waals surface area (Å²) in [6, 6.07) is 0.374. The summed E-state index contributed by atoms with van der Waals surface area (Å²) >= 11 is 1.45. The van der Waals surface area contributed by atoms with Crippen molar-refractivity contribution < 1.29 is 4.79 Å². The van der Waals surface area contributed by atoms with Crippen molar-refractivity contribution in [2.24, 2.45) is 11.7 Å². The van der Waals surface area contributed by atoms with Crippen LogP contribution in [-0.2, 0) is 0 Å². The third-order valence-corrected chi connectivity index (χ3v) is 4.38. The van der Waals surface area contributed by atoms with Crippen LogP contribution >= 0.6 is 11.3 Å². The Morgan fingerprint density at radius 1 is 1.61 bits per heavy atom. The number of primary amides is 1. The largest absolute Gasteiger partial charge is 0.365 e. The molecule has 1 amide bonds. The van der Waals surface area contributed by atoms with Gasteiger partial charge in [0.05, 0.1) is 12.2 Å². The Hall–Kier alpha value is -0.940. The second-order valence-electron chi connectivity index (χ2n) is 5.33. The number of amides is 1. The monoisotopic (exact) mass is 267 g/mol. The van der Waals surface area contributed by atoms with Gasteiger partial charge in [0.2, 0.25) is 0 Å². The number of piperidine rings is 1. The number of thiazole rings is 1. The van der Waals surface area contributed by atoms with Gasteiger partial charge < -0.3 is 5.73 Å². The van der Waals surface area contributed by atoms with Gasteiger partial charge in [-0.1, -0.05) is 20.3 Å². The molecule has 0 spiro atoms. The van der Waals surface area contributed by atoms with Crippen molar-refractivity contribution in [2.45, 2.75) is 39.2 Å². The van der Waals surface area contributed by atoms with E-state index in [-0.39, 0.29) is 5.91 Å². The molecule has 1 aliphatic heterocycles. The Bertz CT molecular complexity index is 416. The van der Waals surface area contributed by atoms with Crippen LogP contribution in [0.5, 0.6) is 0 Å². The van der Waals surface area contributed by atoms with Gasteiger partial charge in [-0.2, -0.15) is 0 Å². The predicted molar refractivity (Wildman–Crippen MR) is 73.6 cm³/mol. The number of carbonyl (C=O) groups excluding carboxylic acids is 1. The van der Waals surface area contributed by atoms with Crippen molar-refractivity contribution >= 4 is 17.2 Å². The van der Waals surface area contributed by atoms with Crippen LogP contribution in [0.1, 0.15) is 53.8 Å². The van der Waals surface area contributed by atoms with Gasteiger partial charge in [-0.3, -0.25) is 9.69 Å². The van der Waals surface area contributed by atoms with E-state index >= 15 is 0 Å². The SMILES string of the molecule is CC(C)CN1CCCC[C@H]1c1ncc(C(N)=O)s1. The highest BCUT2D eigenvalue weighted by atomic mass is 32.1. The van der Waals surface area contributed by atoms with Crippen LogP contribution in [0.2, 0.25) is 0 Å². The number of likely N-dealkylation sites (tertiary alicyclic amines) is 1. The van der Waals surface area contributed by atoms with Crippen molar-refractivity contribution in [1.82, 2.24) is 9.88 Å². The molecule has 18 heavy (non-hydrogen) atoms. The van der Waals surface area contributed by atoms with E-state index in [9.17, 15) is 4.79 Å². The van der Waals surface area contributed by atoms with Crippen LogP contribution in [0.25, 0.3) is 0 Å². The van der Waals surface area contributed by atoms with Gasteiger partial charge in [0.25, 0.3) is 5.91 Å². The fraction of sp³-hybridized carbons (Fsp3) is 0.692. The minimum Gasteiger partial charge on any atom is -0.365 e. The van der Waals surface area contributed by atoms with Crippen LogP contribution in [0.3, 0.4) is 0 Å². The molecule has 2 N–H and O–H groups in total. The third-order valence-electron chi connectivity index (χ3n) is 3.26. The zero-order valence-corrected chi connectivity index (χ0v) is 11.9. The van der Waals surface area contributed by atoms with E-state index in [1.54, 1.807) is 6.20 Å². The molecule has 0 saturated carbocycles. The molecule has 0 aromatic carbocycles. The minimum atomic E-state index is -0.370. The van der Waals surface area contributed by atoms with Crippen LogP contribution in [0.4, 0.5) is 0 Å². The van der Waals surface area contributed by atoms with E-state index < -0.39 is 0 Å². The molecule has 1 aliphatic rings. The van der Waals surface area contributed by atoms with Crippen molar-refractivity contribution in [3.8, 4) is 0 Å². The average Bonchev–Trinajstić information content (AvgIpc) is 2.78. The molecule has 0 radical (unpaired) electrons. The van der Waals surface area contributed by atoms with Crippen LogP contribution in [0.15, 0.2) is 6.20 Å². The number of nitrogens with zero attached hydrogens (tertiary/aromatic N) is 2. The molecular formula is C13H21N3OS. The zero-order chi connectivity index (χ0) is 13.1. The Balaban J connectivity index is 2.14. The third kappa shape index (κ3) is 3.09. The molecular weight excluding hydrogens is 246 g/mol. The van der Waals surface area contributed by atoms with Gasteiger partial charge >= 0.3 is 0 Å². The summed E-state index contributed by atoms with van der Waals surface area (Å²) in [6.07, 6.45) is 5.25. The molecule has 2 heterocycles. The fourth-order valence-electron chi connectivity index (χ4n) is 2.51. The number of hydrogen-bond donors (Lipinski definition) is 1.